The van der Waals surface area contributed by atoms with Crippen LogP contribution in [0.25, 0.3) is 11.2 Å². The third kappa shape index (κ3) is 2.20. The summed E-state index contributed by atoms with van der Waals surface area (Å²) in [4.78, 5) is 50.1. The lowest BCUT2D eigenvalue weighted by Gasteiger charge is -2.11. The Bertz CT molecular complexity index is 844. The number of hydrogen-bond donors (Lipinski definition) is 2. The Hall–Kier alpha value is -2.91. The van der Waals surface area contributed by atoms with Crippen molar-refractivity contribution in [2.45, 2.75) is 6.54 Å². The fourth-order valence-corrected chi connectivity index (χ4v) is 2.00. The average molecular weight is 296 g/mol. The molecule has 0 radical (unpaired) electrons. The largest absolute Gasteiger partial charge is 0.481 e. The van der Waals surface area contributed by atoms with Gasteiger partial charge in [0.1, 0.15) is 0 Å². The zero-order valence-electron chi connectivity index (χ0n) is 11.2. The van der Waals surface area contributed by atoms with Gasteiger partial charge in [-0.25, -0.2) is 9.78 Å². The predicted molar refractivity (Wildman–Crippen MR) is 69.0 cm³/mol. The van der Waals surface area contributed by atoms with Crippen LogP contribution in [0.5, 0.6) is 0 Å². The normalized spacial score (nSPS) is 11.2. The zero-order valence-corrected chi connectivity index (χ0v) is 11.2. The van der Waals surface area contributed by atoms with Crippen LogP contribution in [0, 0.1) is 5.92 Å². The first-order chi connectivity index (χ1) is 9.75. The second-order valence-corrected chi connectivity index (χ2v) is 4.51. The molecule has 0 saturated carbocycles. The van der Waals surface area contributed by atoms with Crippen molar-refractivity contribution in [2.75, 3.05) is 0 Å². The molecule has 10 nitrogen and oxygen atoms in total. The van der Waals surface area contributed by atoms with E-state index in [0.717, 1.165) is 4.57 Å². The van der Waals surface area contributed by atoms with Crippen molar-refractivity contribution >= 4 is 23.1 Å². The van der Waals surface area contributed by atoms with E-state index in [1.54, 1.807) is 0 Å². The van der Waals surface area contributed by atoms with Crippen LogP contribution >= 0.6 is 0 Å². The highest BCUT2D eigenvalue weighted by atomic mass is 16.4. The molecule has 0 aliphatic rings. The van der Waals surface area contributed by atoms with Gasteiger partial charge in [0, 0.05) is 14.1 Å². The summed E-state index contributed by atoms with van der Waals surface area (Å²) in [7, 11) is 2.90. The Morgan fingerprint density at radius 3 is 2.33 bits per heavy atom. The van der Waals surface area contributed by atoms with Crippen molar-refractivity contribution in [3.63, 3.8) is 0 Å². The lowest BCUT2D eigenvalue weighted by atomic mass is 10.1. The molecule has 2 heterocycles. The van der Waals surface area contributed by atoms with Gasteiger partial charge in [-0.05, 0) is 0 Å². The third-order valence-electron chi connectivity index (χ3n) is 3.16. The van der Waals surface area contributed by atoms with Crippen LogP contribution in [0.1, 0.15) is 0 Å². The molecular formula is C11H12N4O6. The first kappa shape index (κ1) is 14.5. The number of hydrogen-bond acceptors (Lipinski definition) is 5. The third-order valence-corrected chi connectivity index (χ3v) is 3.16. The van der Waals surface area contributed by atoms with E-state index in [0.29, 0.717) is 4.57 Å². The van der Waals surface area contributed by atoms with E-state index in [1.165, 1.54) is 25.0 Å². The predicted octanol–water partition coefficient (Wildman–Crippen LogP) is -1.78. The number of carbonyl (C=O) groups is 2. The van der Waals surface area contributed by atoms with Gasteiger partial charge in [0.15, 0.2) is 17.1 Å². The van der Waals surface area contributed by atoms with Crippen molar-refractivity contribution in [1.82, 2.24) is 18.7 Å². The standard InChI is InChI=1S/C11H12N4O6/c1-13-4-12-7-6(13)8(16)15(11(21)14(7)2)3-5(9(17)18)10(19)20/h4-5H,3H2,1-2H3,(H,17,18)(H,19,20). The minimum Gasteiger partial charge on any atom is -0.481 e. The molecule has 0 atom stereocenters. The van der Waals surface area contributed by atoms with Crippen molar-refractivity contribution in [3.8, 4) is 0 Å². The molecular weight excluding hydrogens is 284 g/mol. The molecule has 0 amide bonds. The summed E-state index contributed by atoms with van der Waals surface area (Å²) in [5.41, 5.74) is -1.36. The summed E-state index contributed by atoms with van der Waals surface area (Å²) in [5, 5.41) is 17.7. The van der Waals surface area contributed by atoms with Crippen LogP contribution in [0.15, 0.2) is 15.9 Å². The first-order valence-electron chi connectivity index (χ1n) is 5.82. The van der Waals surface area contributed by atoms with Crippen LogP contribution in [0.3, 0.4) is 0 Å². The number of imidazole rings is 1. The Morgan fingerprint density at radius 2 is 1.81 bits per heavy atom. The van der Waals surface area contributed by atoms with Crippen LogP contribution in [-0.2, 0) is 30.2 Å². The Labute approximate surface area is 116 Å². The van der Waals surface area contributed by atoms with Gasteiger partial charge in [-0.1, -0.05) is 0 Å². The molecule has 0 saturated heterocycles. The zero-order chi connectivity index (χ0) is 15.9. The molecule has 0 aliphatic carbocycles. The summed E-state index contributed by atoms with van der Waals surface area (Å²) in [5.74, 6) is -5.14. The quantitative estimate of drug-likeness (QED) is 0.636. The average Bonchev–Trinajstić information content (AvgIpc) is 2.77. The fraction of sp³-hybridized carbons (Fsp3) is 0.364. The molecule has 0 aromatic carbocycles. The molecule has 0 aliphatic heterocycles. The van der Waals surface area contributed by atoms with E-state index in [1.807, 2.05) is 0 Å². The van der Waals surface area contributed by atoms with Gasteiger partial charge in [-0.3, -0.25) is 23.5 Å². The Balaban J connectivity index is 2.73. The van der Waals surface area contributed by atoms with E-state index in [9.17, 15) is 19.2 Å². The fourth-order valence-electron chi connectivity index (χ4n) is 2.00. The minimum atomic E-state index is -1.89. The van der Waals surface area contributed by atoms with Crippen molar-refractivity contribution < 1.29 is 19.8 Å². The van der Waals surface area contributed by atoms with E-state index < -0.39 is 35.7 Å². The number of aliphatic carboxylic acids is 2. The van der Waals surface area contributed by atoms with Gasteiger partial charge in [0.2, 0.25) is 0 Å². The van der Waals surface area contributed by atoms with Crippen LogP contribution in [0.2, 0.25) is 0 Å². The molecule has 21 heavy (non-hydrogen) atoms. The number of rotatable bonds is 4. The summed E-state index contributed by atoms with van der Waals surface area (Å²) < 4.78 is 3.04. The molecule has 112 valence electrons. The summed E-state index contributed by atoms with van der Waals surface area (Å²) >= 11 is 0. The van der Waals surface area contributed by atoms with Gasteiger partial charge in [-0.2, -0.15) is 0 Å². The molecule has 10 heteroatoms. The highest BCUT2D eigenvalue weighted by Gasteiger charge is 2.28. The number of aromatic nitrogens is 4. The number of carboxylic acid groups (broad SMARTS) is 2. The molecule has 2 rings (SSSR count). The molecule has 0 bridgehead atoms. The van der Waals surface area contributed by atoms with Gasteiger partial charge in [0.25, 0.3) is 5.56 Å². The SMILES string of the molecule is Cn1cnc2c1c(=O)n(CC(C(=O)O)C(=O)O)c(=O)n2C. The minimum absolute atomic E-state index is 0.0895. The second-order valence-electron chi connectivity index (χ2n) is 4.51. The summed E-state index contributed by atoms with van der Waals surface area (Å²) in [6.07, 6.45) is 1.34. The second kappa shape index (κ2) is 4.89. The molecule has 0 unspecified atom stereocenters. The molecule has 0 fully saturated rings. The maximum absolute atomic E-state index is 12.3. The highest BCUT2D eigenvalue weighted by Crippen LogP contribution is 2.05. The van der Waals surface area contributed by atoms with E-state index in [4.69, 9.17) is 10.2 Å². The molecule has 2 aromatic rings. The van der Waals surface area contributed by atoms with E-state index in [-0.39, 0.29) is 11.2 Å². The smallest absolute Gasteiger partial charge is 0.332 e. The highest BCUT2D eigenvalue weighted by molar-refractivity contribution is 5.92. The van der Waals surface area contributed by atoms with Crippen molar-refractivity contribution in [1.29, 1.82) is 0 Å². The lowest BCUT2D eigenvalue weighted by molar-refractivity contribution is -0.155. The number of aryl methyl sites for hydroxylation is 2. The van der Waals surface area contributed by atoms with Gasteiger partial charge in [0.05, 0.1) is 12.9 Å². The number of carboxylic acids is 2. The Morgan fingerprint density at radius 1 is 1.24 bits per heavy atom. The van der Waals surface area contributed by atoms with Crippen LogP contribution in [0.4, 0.5) is 0 Å². The summed E-state index contributed by atoms with van der Waals surface area (Å²) in [6, 6.07) is 0. The van der Waals surface area contributed by atoms with Crippen LogP contribution in [-0.4, -0.2) is 40.8 Å². The first-order valence-corrected chi connectivity index (χ1v) is 5.82. The van der Waals surface area contributed by atoms with Gasteiger partial charge >= 0.3 is 17.6 Å². The van der Waals surface area contributed by atoms with Crippen molar-refractivity contribution in [3.05, 3.63) is 27.2 Å². The molecule has 2 N–H and O–H groups in total. The van der Waals surface area contributed by atoms with Gasteiger partial charge in [-0.15, -0.1) is 0 Å². The number of fused-ring (bicyclic) bond motifs is 1. The van der Waals surface area contributed by atoms with E-state index >= 15 is 0 Å². The Kier molecular flexibility index (Phi) is 3.37. The monoisotopic (exact) mass is 296 g/mol. The van der Waals surface area contributed by atoms with Crippen LogP contribution < -0.4 is 11.2 Å². The molecule has 0 spiro atoms. The lowest BCUT2D eigenvalue weighted by Crippen LogP contribution is -2.43. The van der Waals surface area contributed by atoms with E-state index in [2.05, 4.69) is 4.98 Å². The maximum atomic E-state index is 12.3. The molecule has 2 aromatic heterocycles. The maximum Gasteiger partial charge on any atom is 0.332 e. The summed E-state index contributed by atoms with van der Waals surface area (Å²) in [6.45, 7) is -0.753. The number of nitrogens with zero attached hydrogens (tertiary/aromatic N) is 4. The topological polar surface area (TPSA) is 136 Å². The van der Waals surface area contributed by atoms with Crippen molar-refractivity contribution in [2.24, 2.45) is 20.0 Å². The van der Waals surface area contributed by atoms with Gasteiger partial charge < -0.3 is 14.8 Å².